The van der Waals surface area contributed by atoms with E-state index in [1.54, 1.807) is 11.6 Å². The molecule has 1 aromatic heterocycles. The average molecular weight is 156 g/mol. The molecule has 0 aliphatic heterocycles. The Kier molecular flexibility index (Phi) is 1.74. The Morgan fingerprint density at radius 3 is 2.18 bits per heavy atom. The SMILES string of the molecule is Cn1cnc(F)c1C(C)(C)C. The van der Waals surface area contributed by atoms with Gasteiger partial charge in [0.1, 0.15) is 0 Å². The summed E-state index contributed by atoms with van der Waals surface area (Å²) in [5.74, 6) is -0.361. The molecule has 0 bridgehead atoms. The second-order valence-electron chi connectivity index (χ2n) is 3.74. The van der Waals surface area contributed by atoms with Crippen LogP contribution >= 0.6 is 0 Å². The summed E-state index contributed by atoms with van der Waals surface area (Å²) < 4.78 is 14.7. The first-order chi connectivity index (χ1) is 4.93. The van der Waals surface area contributed by atoms with Crippen LogP contribution in [0.3, 0.4) is 0 Å². The van der Waals surface area contributed by atoms with Crippen LogP contribution < -0.4 is 0 Å². The molecule has 0 saturated heterocycles. The molecule has 0 aliphatic carbocycles. The first-order valence-corrected chi connectivity index (χ1v) is 3.60. The maximum absolute atomic E-state index is 13.0. The van der Waals surface area contributed by atoms with Crippen LogP contribution in [0.4, 0.5) is 4.39 Å². The van der Waals surface area contributed by atoms with Gasteiger partial charge in [-0.05, 0) is 0 Å². The van der Waals surface area contributed by atoms with E-state index in [-0.39, 0.29) is 11.4 Å². The molecule has 0 atom stereocenters. The van der Waals surface area contributed by atoms with Crippen molar-refractivity contribution in [2.45, 2.75) is 26.2 Å². The molecule has 2 nitrogen and oxygen atoms in total. The fourth-order valence-electron chi connectivity index (χ4n) is 1.24. The van der Waals surface area contributed by atoms with Crippen LogP contribution in [-0.2, 0) is 12.5 Å². The lowest BCUT2D eigenvalue weighted by molar-refractivity contribution is 0.481. The van der Waals surface area contributed by atoms with Gasteiger partial charge >= 0.3 is 0 Å². The molecule has 0 N–H and O–H groups in total. The van der Waals surface area contributed by atoms with Gasteiger partial charge in [-0.3, -0.25) is 0 Å². The summed E-state index contributed by atoms with van der Waals surface area (Å²) in [6, 6.07) is 0. The Balaban J connectivity index is 3.21. The molecule has 62 valence electrons. The highest BCUT2D eigenvalue weighted by molar-refractivity contribution is 5.11. The van der Waals surface area contributed by atoms with Crippen molar-refractivity contribution in [1.82, 2.24) is 9.55 Å². The molecule has 1 heterocycles. The molecule has 0 amide bonds. The summed E-state index contributed by atoms with van der Waals surface area (Å²) in [6.45, 7) is 5.90. The molecule has 0 aromatic carbocycles. The highest BCUT2D eigenvalue weighted by Crippen LogP contribution is 2.23. The van der Waals surface area contributed by atoms with E-state index in [1.165, 1.54) is 6.33 Å². The molecule has 3 heteroatoms. The number of aryl methyl sites for hydroxylation is 1. The maximum atomic E-state index is 13.0. The van der Waals surface area contributed by atoms with E-state index in [9.17, 15) is 4.39 Å². The Labute approximate surface area is 66.1 Å². The standard InChI is InChI=1S/C8H13FN2/c1-8(2,3)6-7(9)10-5-11(6)4/h5H,1-4H3. The lowest BCUT2D eigenvalue weighted by Crippen LogP contribution is -2.17. The summed E-state index contributed by atoms with van der Waals surface area (Å²) in [6.07, 6.45) is 1.50. The largest absolute Gasteiger partial charge is 0.335 e. The van der Waals surface area contributed by atoms with Crippen LogP contribution in [0.5, 0.6) is 0 Å². The van der Waals surface area contributed by atoms with Crippen molar-refractivity contribution in [1.29, 1.82) is 0 Å². The maximum Gasteiger partial charge on any atom is 0.234 e. The normalized spacial score (nSPS) is 12.1. The molecule has 0 radical (unpaired) electrons. The monoisotopic (exact) mass is 156 g/mol. The van der Waals surface area contributed by atoms with Crippen LogP contribution in [0.2, 0.25) is 0 Å². The Morgan fingerprint density at radius 2 is 2.00 bits per heavy atom. The van der Waals surface area contributed by atoms with Gasteiger partial charge in [-0.1, -0.05) is 20.8 Å². The smallest absolute Gasteiger partial charge is 0.234 e. The Hall–Kier alpha value is -0.860. The van der Waals surface area contributed by atoms with E-state index in [4.69, 9.17) is 0 Å². The van der Waals surface area contributed by atoms with Gasteiger partial charge in [-0.2, -0.15) is 4.39 Å². The van der Waals surface area contributed by atoms with Gasteiger partial charge in [-0.15, -0.1) is 0 Å². The second kappa shape index (κ2) is 2.32. The molecular weight excluding hydrogens is 143 g/mol. The van der Waals surface area contributed by atoms with Crippen molar-refractivity contribution < 1.29 is 4.39 Å². The van der Waals surface area contributed by atoms with Crippen LogP contribution in [-0.4, -0.2) is 9.55 Å². The van der Waals surface area contributed by atoms with Gasteiger partial charge in [0.2, 0.25) is 5.95 Å². The van der Waals surface area contributed by atoms with Crippen LogP contribution in [0, 0.1) is 5.95 Å². The van der Waals surface area contributed by atoms with Gasteiger partial charge in [-0.25, -0.2) is 4.98 Å². The molecule has 0 unspecified atom stereocenters. The highest BCUT2D eigenvalue weighted by atomic mass is 19.1. The van der Waals surface area contributed by atoms with Crippen molar-refractivity contribution in [2.24, 2.45) is 7.05 Å². The van der Waals surface area contributed by atoms with Gasteiger partial charge < -0.3 is 4.57 Å². The van der Waals surface area contributed by atoms with Gasteiger partial charge in [0.25, 0.3) is 0 Å². The molecule has 0 saturated carbocycles. The number of hydrogen-bond donors (Lipinski definition) is 0. The number of imidazole rings is 1. The minimum absolute atomic E-state index is 0.171. The van der Waals surface area contributed by atoms with Crippen molar-refractivity contribution in [2.75, 3.05) is 0 Å². The van der Waals surface area contributed by atoms with Crippen LogP contribution in [0.1, 0.15) is 26.5 Å². The molecule has 1 rings (SSSR count). The van der Waals surface area contributed by atoms with Gasteiger partial charge in [0.15, 0.2) is 0 Å². The predicted octanol–water partition coefficient (Wildman–Crippen LogP) is 1.86. The average Bonchev–Trinajstić information content (AvgIpc) is 2.08. The predicted molar refractivity (Wildman–Crippen MR) is 41.9 cm³/mol. The zero-order chi connectivity index (χ0) is 8.65. The van der Waals surface area contributed by atoms with E-state index in [0.29, 0.717) is 5.69 Å². The third kappa shape index (κ3) is 1.42. The molecule has 0 fully saturated rings. The van der Waals surface area contributed by atoms with E-state index in [0.717, 1.165) is 0 Å². The first-order valence-electron chi connectivity index (χ1n) is 3.60. The number of rotatable bonds is 0. The Morgan fingerprint density at radius 1 is 1.45 bits per heavy atom. The number of hydrogen-bond acceptors (Lipinski definition) is 1. The van der Waals surface area contributed by atoms with Crippen molar-refractivity contribution >= 4 is 0 Å². The molecular formula is C8H13FN2. The number of aromatic nitrogens is 2. The second-order valence-corrected chi connectivity index (χ2v) is 3.74. The van der Waals surface area contributed by atoms with Crippen LogP contribution in [0.25, 0.3) is 0 Å². The lowest BCUT2D eigenvalue weighted by Gasteiger charge is -2.18. The van der Waals surface area contributed by atoms with Crippen molar-refractivity contribution in [3.63, 3.8) is 0 Å². The quantitative estimate of drug-likeness (QED) is 0.560. The van der Waals surface area contributed by atoms with Crippen LogP contribution in [0.15, 0.2) is 6.33 Å². The molecule has 11 heavy (non-hydrogen) atoms. The fourth-order valence-corrected chi connectivity index (χ4v) is 1.24. The van der Waals surface area contributed by atoms with E-state index >= 15 is 0 Å². The summed E-state index contributed by atoms with van der Waals surface area (Å²) in [7, 11) is 1.80. The Bertz CT molecular complexity index is 238. The number of nitrogens with zero attached hydrogens (tertiary/aromatic N) is 2. The fraction of sp³-hybridized carbons (Fsp3) is 0.625. The summed E-state index contributed by atoms with van der Waals surface area (Å²) >= 11 is 0. The summed E-state index contributed by atoms with van der Waals surface area (Å²) in [4.78, 5) is 3.58. The zero-order valence-corrected chi connectivity index (χ0v) is 7.35. The first kappa shape index (κ1) is 8.24. The summed E-state index contributed by atoms with van der Waals surface area (Å²) in [5, 5.41) is 0. The minimum atomic E-state index is -0.361. The number of halogens is 1. The topological polar surface area (TPSA) is 17.8 Å². The van der Waals surface area contributed by atoms with Gasteiger partial charge in [0, 0.05) is 12.5 Å². The van der Waals surface area contributed by atoms with E-state index < -0.39 is 0 Å². The third-order valence-electron chi connectivity index (χ3n) is 1.60. The summed E-state index contributed by atoms with van der Waals surface area (Å²) in [5.41, 5.74) is 0.479. The van der Waals surface area contributed by atoms with Crippen molar-refractivity contribution in [3.05, 3.63) is 18.0 Å². The minimum Gasteiger partial charge on any atom is -0.335 e. The van der Waals surface area contributed by atoms with Gasteiger partial charge in [0.05, 0.1) is 12.0 Å². The van der Waals surface area contributed by atoms with E-state index in [1.807, 2.05) is 20.8 Å². The molecule has 1 aromatic rings. The highest BCUT2D eigenvalue weighted by Gasteiger charge is 2.22. The van der Waals surface area contributed by atoms with Crippen molar-refractivity contribution in [3.8, 4) is 0 Å². The van der Waals surface area contributed by atoms with E-state index in [2.05, 4.69) is 4.98 Å². The zero-order valence-electron chi connectivity index (χ0n) is 7.35. The third-order valence-corrected chi connectivity index (χ3v) is 1.60. The molecule has 0 aliphatic rings. The lowest BCUT2D eigenvalue weighted by atomic mass is 9.92. The molecule has 0 spiro atoms.